The number of terminal acetylenes is 2. The Balaban J connectivity index is 0.00000103. The van der Waals surface area contributed by atoms with Gasteiger partial charge in [-0.1, -0.05) is 18.2 Å². The molecule has 1 saturated carbocycles. The number of ether oxygens (including phenoxy) is 2. The summed E-state index contributed by atoms with van der Waals surface area (Å²) in [5.41, 5.74) is 6.56. The maximum absolute atomic E-state index is 13.4. The van der Waals surface area contributed by atoms with Crippen molar-refractivity contribution >= 4 is 29.6 Å². The standard InChI is InChI=1S/C23H26N4O4.2C2H2/c1-22(2,3)31-19(28)13-27-18-7-5-4-6-17(18)23(21(27)29)9-16(10-23)30-15-8-14(11-24)20(25)26-12-15;2*1-2/h4-8,11-12,16,24H,9-10,13H2,1-3H3,(H2,25,26);2*1-2H. The van der Waals surface area contributed by atoms with Crippen LogP contribution in [-0.4, -0.2) is 41.3 Å². The number of nitrogen functional groups attached to an aromatic ring is 1. The van der Waals surface area contributed by atoms with Crippen LogP contribution in [0.25, 0.3) is 0 Å². The molecule has 182 valence electrons. The van der Waals surface area contributed by atoms with Crippen LogP contribution in [-0.2, 0) is 19.7 Å². The van der Waals surface area contributed by atoms with Crippen molar-refractivity contribution in [1.82, 2.24) is 4.98 Å². The molecule has 2 heterocycles. The summed E-state index contributed by atoms with van der Waals surface area (Å²) in [6.45, 7) is 5.28. The second kappa shape index (κ2) is 10.8. The van der Waals surface area contributed by atoms with Crippen molar-refractivity contribution in [2.45, 2.75) is 50.7 Å². The molecule has 0 radical (unpaired) electrons. The van der Waals surface area contributed by atoms with Gasteiger partial charge >= 0.3 is 5.97 Å². The van der Waals surface area contributed by atoms with E-state index in [-0.39, 0.29) is 24.4 Å². The number of amides is 1. The second-order valence-electron chi connectivity index (χ2n) is 9.01. The van der Waals surface area contributed by atoms with Crippen molar-refractivity contribution in [3.63, 3.8) is 0 Å². The largest absolute Gasteiger partial charge is 0.489 e. The van der Waals surface area contributed by atoms with Crippen molar-refractivity contribution in [2.24, 2.45) is 0 Å². The molecule has 1 aromatic heterocycles. The third kappa shape index (κ3) is 5.44. The fourth-order valence-corrected chi connectivity index (χ4v) is 4.30. The van der Waals surface area contributed by atoms with Crippen molar-refractivity contribution in [3.05, 3.63) is 47.7 Å². The van der Waals surface area contributed by atoms with Crippen LogP contribution in [0.5, 0.6) is 5.75 Å². The van der Waals surface area contributed by atoms with Gasteiger partial charge in [-0.2, -0.15) is 0 Å². The SMILES string of the molecule is C#C.C#C.CC(C)(C)OC(=O)CN1C(=O)C2(CC(Oc3cnc(N)c(C=N)c3)C2)c2ccccc21. The van der Waals surface area contributed by atoms with Gasteiger partial charge in [0.25, 0.3) is 0 Å². The average molecular weight is 475 g/mol. The topological polar surface area (TPSA) is 119 Å². The first-order valence-electron chi connectivity index (χ1n) is 10.9. The second-order valence-corrected chi connectivity index (χ2v) is 9.01. The van der Waals surface area contributed by atoms with Crippen LogP contribution in [0, 0.1) is 31.1 Å². The molecule has 3 N–H and O–H groups in total. The number of hydrogen-bond acceptors (Lipinski definition) is 7. The number of nitrogens with one attached hydrogen (secondary N) is 1. The summed E-state index contributed by atoms with van der Waals surface area (Å²) in [7, 11) is 0. The molecule has 1 aliphatic heterocycles. The van der Waals surface area contributed by atoms with Crippen molar-refractivity contribution in [2.75, 3.05) is 17.2 Å². The summed E-state index contributed by atoms with van der Waals surface area (Å²) < 4.78 is 11.4. The van der Waals surface area contributed by atoms with Crippen LogP contribution < -0.4 is 15.4 Å². The van der Waals surface area contributed by atoms with Crippen molar-refractivity contribution in [1.29, 1.82) is 5.41 Å². The molecule has 4 rings (SSSR count). The summed E-state index contributed by atoms with van der Waals surface area (Å²) in [5.74, 6) is 0.240. The molecule has 2 aromatic rings. The molecule has 8 nitrogen and oxygen atoms in total. The number of carbonyl (C=O) groups is 2. The molecule has 1 amide bonds. The molecule has 1 aromatic carbocycles. The van der Waals surface area contributed by atoms with Crippen LogP contribution in [0.4, 0.5) is 11.5 Å². The lowest BCUT2D eigenvalue weighted by molar-refractivity contribution is -0.154. The Morgan fingerprint density at radius 2 is 1.89 bits per heavy atom. The molecular formula is C27H30N4O4. The van der Waals surface area contributed by atoms with Crippen LogP contribution >= 0.6 is 0 Å². The monoisotopic (exact) mass is 474 g/mol. The van der Waals surface area contributed by atoms with Gasteiger partial charge in [0, 0.05) is 30.3 Å². The van der Waals surface area contributed by atoms with Gasteiger partial charge in [-0.25, -0.2) is 4.98 Å². The van der Waals surface area contributed by atoms with E-state index in [9.17, 15) is 9.59 Å². The molecule has 2 aliphatic rings. The minimum Gasteiger partial charge on any atom is -0.489 e. The van der Waals surface area contributed by atoms with Crippen molar-refractivity contribution < 1.29 is 19.1 Å². The zero-order valence-electron chi connectivity index (χ0n) is 20.2. The minimum absolute atomic E-state index is 0.102. The normalized spacial score (nSPS) is 19.7. The fourth-order valence-electron chi connectivity index (χ4n) is 4.30. The zero-order chi connectivity index (χ0) is 26.4. The smallest absolute Gasteiger partial charge is 0.326 e. The van der Waals surface area contributed by atoms with Crippen LogP contribution in [0.15, 0.2) is 36.5 Å². The third-order valence-corrected chi connectivity index (χ3v) is 5.61. The first-order valence-corrected chi connectivity index (χ1v) is 10.9. The third-order valence-electron chi connectivity index (χ3n) is 5.61. The number of benzene rings is 1. The maximum atomic E-state index is 13.4. The number of hydrogen-bond donors (Lipinski definition) is 2. The molecule has 1 aliphatic carbocycles. The van der Waals surface area contributed by atoms with Gasteiger partial charge in [-0.05, 0) is 38.5 Å². The number of nitrogens with two attached hydrogens (primary N) is 1. The Morgan fingerprint density at radius 3 is 2.49 bits per heavy atom. The van der Waals surface area contributed by atoms with E-state index in [0.29, 0.717) is 24.2 Å². The molecule has 8 heteroatoms. The van der Waals surface area contributed by atoms with Gasteiger partial charge in [-0.15, -0.1) is 25.7 Å². The Morgan fingerprint density at radius 1 is 1.26 bits per heavy atom. The average Bonchev–Trinajstić information content (AvgIpc) is 3.05. The molecule has 0 bridgehead atoms. The highest BCUT2D eigenvalue weighted by molar-refractivity contribution is 6.11. The number of pyridine rings is 1. The highest BCUT2D eigenvalue weighted by atomic mass is 16.6. The van der Waals surface area contributed by atoms with E-state index in [4.69, 9.17) is 20.6 Å². The summed E-state index contributed by atoms with van der Waals surface area (Å²) in [4.78, 5) is 31.4. The quantitative estimate of drug-likeness (QED) is 0.390. The molecule has 0 unspecified atom stereocenters. The van der Waals surface area contributed by atoms with Crippen LogP contribution in [0.1, 0.15) is 44.7 Å². The lowest BCUT2D eigenvalue weighted by atomic mass is 9.63. The Kier molecular flexibility index (Phi) is 8.28. The van der Waals surface area contributed by atoms with Crippen LogP contribution in [0.3, 0.4) is 0 Å². The summed E-state index contributed by atoms with van der Waals surface area (Å²) >= 11 is 0. The van der Waals surface area contributed by atoms with E-state index in [1.165, 1.54) is 11.1 Å². The van der Waals surface area contributed by atoms with Crippen molar-refractivity contribution in [3.8, 4) is 31.4 Å². The van der Waals surface area contributed by atoms with E-state index < -0.39 is 17.0 Å². The van der Waals surface area contributed by atoms with E-state index >= 15 is 0 Å². The fraction of sp³-hybridized carbons (Fsp3) is 0.333. The lowest BCUT2D eigenvalue weighted by Crippen LogP contribution is -2.54. The minimum atomic E-state index is -0.700. The number of esters is 1. The number of carbonyl (C=O) groups excluding carboxylic acids is 2. The highest BCUT2D eigenvalue weighted by Gasteiger charge is 2.59. The van der Waals surface area contributed by atoms with E-state index in [1.54, 1.807) is 26.8 Å². The summed E-state index contributed by atoms with van der Waals surface area (Å²) in [6.07, 6.45) is 19.5. The molecule has 1 spiro atoms. The van der Waals surface area contributed by atoms with E-state index in [1.807, 2.05) is 24.3 Å². The number of aromatic nitrogens is 1. The van der Waals surface area contributed by atoms with Gasteiger partial charge in [0.05, 0.1) is 11.6 Å². The molecule has 35 heavy (non-hydrogen) atoms. The first kappa shape index (κ1) is 26.9. The van der Waals surface area contributed by atoms with Crippen LogP contribution in [0.2, 0.25) is 0 Å². The first-order chi connectivity index (χ1) is 16.6. The van der Waals surface area contributed by atoms with Gasteiger partial charge in [0.15, 0.2) is 0 Å². The van der Waals surface area contributed by atoms with Gasteiger partial charge in [-0.3, -0.25) is 9.59 Å². The molecule has 0 saturated heterocycles. The Bertz CT molecular complexity index is 1130. The Hall–Kier alpha value is -4.30. The predicted octanol–water partition coefficient (Wildman–Crippen LogP) is 3.33. The van der Waals surface area contributed by atoms with Gasteiger partial charge in [0.2, 0.25) is 5.91 Å². The van der Waals surface area contributed by atoms with E-state index in [0.717, 1.165) is 17.5 Å². The number of para-hydroxylation sites is 1. The lowest BCUT2D eigenvalue weighted by Gasteiger charge is -2.43. The zero-order valence-corrected chi connectivity index (χ0v) is 20.2. The number of rotatable bonds is 5. The molecule has 0 atom stereocenters. The predicted molar refractivity (Wildman–Crippen MR) is 136 cm³/mol. The van der Waals surface area contributed by atoms with Gasteiger partial charge in [0.1, 0.15) is 29.8 Å². The summed E-state index contributed by atoms with van der Waals surface area (Å²) in [5, 5.41) is 7.41. The summed E-state index contributed by atoms with van der Waals surface area (Å²) in [6, 6.07) is 9.23. The number of anilines is 2. The van der Waals surface area contributed by atoms with Gasteiger partial charge < -0.3 is 25.5 Å². The molecule has 1 fully saturated rings. The molecular weight excluding hydrogens is 444 g/mol. The number of fused-ring (bicyclic) bond motifs is 2. The van der Waals surface area contributed by atoms with E-state index in [2.05, 4.69) is 30.7 Å². The Labute approximate surface area is 206 Å². The maximum Gasteiger partial charge on any atom is 0.326 e. The highest BCUT2D eigenvalue weighted by Crippen LogP contribution is 2.54. The number of nitrogens with zero attached hydrogens (tertiary/aromatic N) is 2.